The summed E-state index contributed by atoms with van der Waals surface area (Å²) in [6, 6.07) is 11.7. The van der Waals surface area contributed by atoms with Crippen molar-refractivity contribution in [2.45, 2.75) is 13.5 Å². The van der Waals surface area contributed by atoms with Gasteiger partial charge in [-0.05, 0) is 48.5 Å². The molecule has 3 aromatic carbocycles. The van der Waals surface area contributed by atoms with Crippen LogP contribution in [-0.4, -0.2) is 83.9 Å². The van der Waals surface area contributed by atoms with Gasteiger partial charge in [0.25, 0.3) is 0 Å². The number of hydrogen-bond donors (Lipinski definition) is 2. The highest BCUT2D eigenvalue weighted by Crippen LogP contribution is 2.42. The van der Waals surface area contributed by atoms with Gasteiger partial charge in [-0.2, -0.15) is 0 Å². The van der Waals surface area contributed by atoms with Gasteiger partial charge < -0.3 is 53.7 Å². The van der Waals surface area contributed by atoms with Crippen LogP contribution in [0.5, 0.6) is 34.5 Å². The van der Waals surface area contributed by atoms with Crippen LogP contribution in [0.1, 0.15) is 28.6 Å². The van der Waals surface area contributed by atoms with E-state index in [4.69, 9.17) is 38.6 Å². The predicted octanol–water partition coefficient (Wildman–Crippen LogP) is 6.43. The summed E-state index contributed by atoms with van der Waals surface area (Å²) in [5, 5.41) is 3.52. The molecule has 0 spiro atoms. The van der Waals surface area contributed by atoms with Crippen LogP contribution in [0.15, 0.2) is 53.1 Å². The zero-order valence-electron chi connectivity index (χ0n) is 30.3. The van der Waals surface area contributed by atoms with Crippen molar-refractivity contribution in [1.29, 1.82) is 0 Å². The largest absolute Gasteiger partial charge is 0.494 e. The highest BCUT2D eigenvalue weighted by molar-refractivity contribution is 6.13. The molecule has 6 rings (SSSR count). The SMILES string of the molecule is CCN1CCN(c2ccc(Nc3cc4c(OCc5cc(OC)c(OC)c(OC)c5)c(C(=O)c5c(F)c(OC)cc(OC)c5F)oc4cn3)c(N)c2)CC1. The number of furan rings is 1. The number of rotatable bonds is 14. The van der Waals surface area contributed by atoms with Crippen molar-refractivity contribution in [2.75, 3.05) is 84.2 Å². The van der Waals surface area contributed by atoms with Crippen molar-refractivity contribution >= 4 is 39.6 Å². The Balaban J connectivity index is 1.39. The Morgan fingerprint density at radius 2 is 1.49 bits per heavy atom. The third-order valence-electron chi connectivity index (χ3n) is 9.13. The van der Waals surface area contributed by atoms with Crippen LogP contribution in [0.2, 0.25) is 0 Å². The van der Waals surface area contributed by atoms with E-state index in [9.17, 15) is 4.79 Å². The van der Waals surface area contributed by atoms with Gasteiger partial charge >= 0.3 is 0 Å². The molecule has 1 aliphatic rings. The number of nitrogens with zero attached hydrogens (tertiary/aromatic N) is 3. The van der Waals surface area contributed by atoms with Crippen molar-refractivity contribution in [3.05, 3.63) is 77.2 Å². The van der Waals surface area contributed by atoms with Crippen LogP contribution < -0.4 is 44.4 Å². The molecular weight excluding hydrogens is 692 g/mol. The maximum absolute atomic E-state index is 15.6. The van der Waals surface area contributed by atoms with Crippen molar-refractivity contribution in [3.8, 4) is 34.5 Å². The number of methoxy groups -OCH3 is 5. The molecule has 0 aliphatic carbocycles. The van der Waals surface area contributed by atoms with Gasteiger partial charge in [-0.15, -0.1) is 0 Å². The van der Waals surface area contributed by atoms with Gasteiger partial charge in [0.1, 0.15) is 18.0 Å². The molecule has 0 radical (unpaired) electrons. The first-order chi connectivity index (χ1) is 25.6. The summed E-state index contributed by atoms with van der Waals surface area (Å²) in [6.45, 7) is 6.77. The number of fused-ring (bicyclic) bond motifs is 1. The minimum absolute atomic E-state index is 0.0978. The van der Waals surface area contributed by atoms with Gasteiger partial charge in [-0.1, -0.05) is 6.92 Å². The summed E-state index contributed by atoms with van der Waals surface area (Å²) in [6.07, 6.45) is 1.37. The van der Waals surface area contributed by atoms with Crippen LogP contribution in [0.25, 0.3) is 11.0 Å². The summed E-state index contributed by atoms with van der Waals surface area (Å²) in [5.41, 5.74) is 8.34. The molecule has 53 heavy (non-hydrogen) atoms. The van der Waals surface area contributed by atoms with E-state index in [-0.39, 0.29) is 23.3 Å². The van der Waals surface area contributed by atoms with Crippen molar-refractivity contribution in [3.63, 3.8) is 0 Å². The molecule has 0 atom stereocenters. The molecule has 3 heterocycles. The lowest BCUT2D eigenvalue weighted by molar-refractivity contribution is 0.0995. The first-order valence-electron chi connectivity index (χ1n) is 16.8. The molecule has 13 nitrogen and oxygen atoms in total. The highest BCUT2D eigenvalue weighted by Gasteiger charge is 2.32. The first kappa shape index (κ1) is 36.8. The smallest absolute Gasteiger partial charge is 0.238 e. The third kappa shape index (κ3) is 7.24. The number of ketones is 1. The van der Waals surface area contributed by atoms with Gasteiger partial charge in [0, 0.05) is 37.9 Å². The van der Waals surface area contributed by atoms with Gasteiger partial charge in [0.15, 0.2) is 46.0 Å². The molecule has 1 aliphatic heterocycles. The van der Waals surface area contributed by atoms with Gasteiger partial charge in [0.2, 0.25) is 17.3 Å². The topological polar surface area (TPSA) is 143 Å². The second kappa shape index (κ2) is 15.7. The Labute approximate surface area is 305 Å². The van der Waals surface area contributed by atoms with E-state index in [0.717, 1.165) is 44.5 Å². The molecule has 2 aromatic heterocycles. The van der Waals surface area contributed by atoms with Crippen LogP contribution in [-0.2, 0) is 6.61 Å². The molecule has 5 aromatic rings. The quantitative estimate of drug-likeness (QED) is 0.0958. The fraction of sp³-hybridized carbons (Fsp3) is 0.316. The number of carbonyl (C=O) groups is 1. The van der Waals surface area contributed by atoms with Crippen LogP contribution in [0.3, 0.4) is 0 Å². The molecule has 1 fully saturated rings. The van der Waals surface area contributed by atoms with Gasteiger partial charge in [0.05, 0.1) is 58.5 Å². The molecule has 0 unspecified atom stereocenters. The molecule has 280 valence electrons. The average Bonchev–Trinajstić information content (AvgIpc) is 3.55. The zero-order valence-corrected chi connectivity index (χ0v) is 30.3. The normalized spacial score (nSPS) is 13.2. The summed E-state index contributed by atoms with van der Waals surface area (Å²) in [7, 11) is 6.80. The van der Waals surface area contributed by atoms with Gasteiger partial charge in [-0.25, -0.2) is 13.8 Å². The lowest BCUT2D eigenvalue weighted by Crippen LogP contribution is -2.46. The Morgan fingerprint density at radius 3 is 2.06 bits per heavy atom. The minimum Gasteiger partial charge on any atom is -0.494 e. The van der Waals surface area contributed by atoms with E-state index in [1.807, 2.05) is 18.2 Å². The number of pyridine rings is 1. The number of carbonyl (C=O) groups excluding carboxylic acids is 1. The molecule has 0 saturated carbocycles. The van der Waals surface area contributed by atoms with Crippen molar-refractivity contribution in [1.82, 2.24) is 9.88 Å². The Morgan fingerprint density at radius 1 is 0.849 bits per heavy atom. The summed E-state index contributed by atoms with van der Waals surface area (Å²) in [4.78, 5) is 23.2. The summed E-state index contributed by atoms with van der Waals surface area (Å²) < 4.78 is 69.8. The Bertz CT molecular complexity index is 2080. The predicted molar refractivity (Wildman–Crippen MR) is 196 cm³/mol. The molecule has 1 saturated heterocycles. The number of nitrogens with two attached hydrogens (primary N) is 1. The van der Waals surface area contributed by atoms with E-state index in [0.29, 0.717) is 40.0 Å². The molecule has 0 amide bonds. The summed E-state index contributed by atoms with van der Waals surface area (Å²) in [5.74, 6) is -3.56. The second-order valence-electron chi connectivity index (χ2n) is 12.1. The standard InChI is InChI=1S/C38H41F2N5O8/c1-7-44-10-12-45(13-11-44)22-8-9-25(24(41)16-22)43-31-17-23-30(19-42-31)53-38(35(46)32-33(39)26(47-2)18-27(48-3)34(32)40)36(23)52-20-21-14-28(49-4)37(51-6)29(15-21)50-5/h8-9,14-19H,7,10-13,20,41H2,1-6H3,(H,42,43). The molecule has 15 heteroatoms. The fourth-order valence-electron chi connectivity index (χ4n) is 6.23. The van der Waals surface area contributed by atoms with Gasteiger partial charge in [-0.3, -0.25) is 4.79 Å². The number of likely N-dealkylation sites (N-methyl/N-ethyl adjacent to an activating group) is 1. The van der Waals surface area contributed by atoms with Crippen molar-refractivity contribution in [2.24, 2.45) is 0 Å². The fourth-order valence-corrected chi connectivity index (χ4v) is 6.23. The Kier molecular flexibility index (Phi) is 10.9. The second-order valence-corrected chi connectivity index (χ2v) is 12.1. The lowest BCUT2D eigenvalue weighted by Gasteiger charge is -2.35. The van der Waals surface area contributed by atoms with E-state index < -0.39 is 40.2 Å². The van der Waals surface area contributed by atoms with Crippen LogP contribution in [0, 0.1) is 11.6 Å². The molecule has 0 bridgehead atoms. The number of ether oxygens (including phenoxy) is 6. The number of anilines is 4. The lowest BCUT2D eigenvalue weighted by atomic mass is 10.0. The van der Waals surface area contributed by atoms with Crippen LogP contribution >= 0.6 is 0 Å². The number of benzene rings is 3. The van der Waals surface area contributed by atoms with E-state index >= 15 is 8.78 Å². The highest BCUT2D eigenvalue weighted by atomic mass is 19.1. The number of nitrogen functional groups attached to an aromatic ring is 1. The number of halogens is 2. The number of nitrogens with one attached hydrogen (secondary N) is 1. The maximum atomic E-state index is 15.6. The molecule has 3 N–H and O–H groups in total. The maximum Gasteiger partial charge on any atom is 0.238 e. The number of piperazine rings is 1. The third-order valence-corrected chi connectivity index (χ3v) is 9.13. The van der Waals surface area contributed by atoms with Crippen molar-refractivity contribution < 1.29 is 46.4 Å². The number of hydrogen-bond acceptors (Lipinski definition) is 13. The summed E-state index contributed by atoms with van der Waals surface area (Å²) >= 11 is 0. The number of aromatic nitrogens is 1. The Hall–Kier alpha value is -5.96. The van der Waals surface area contributed by atoms with E-state index in [2.05, 4.69) is 27.0 Å². The zero-order chi connectivity index (χ0) is 37.8. The average molecular weight is 734 g/mol. The van der Waals surface area contributed by atoms with Crippen LogP contribution in [0.4, 0.5) is 31.7 Å². The first-order valence-corrected chi connectivity index (χ1v) is 16.8. The minimum atomic E-state index is -1.24. The monoisotopic (exact) mass is 733 g/mol. The van der Waals surface area contributed by atoms with E-state index in [1.54, 1.807) is 18.2 Å². The molecular formula is C38H41F2N5O8. The van der Waals surface area contributed by atoms with E-state index in [1.165, 1.54) is 41.7 Å².